The lowest BCUT2D eigenvalue weighted by Crippen LogP contribution is -2.38. The summed E-state index contributed by atoms with van der Waals surface area (Å²) in [5.74, 6) is 0.854. The molecule has 0 unspecified atom stereocenters. The Morgan fingerprint density at radius 1 is 1.05 bits per heavy atom. The van der Waals surface area contributed by atoms with Crippen LogP contribution in [0, 0.1) is 5.92 Å². The van der Waals surface area contributed by atoms with Crippen LogP contribution in [0.2, 0.25) is 19.6 Å². The third-order valence-electron chi connectivity index (χ3n) is 6.14. The van der Waals surface area contributed by atoms with E-state index in [1.54, 1.807) is 20.3 Å². The summed E-state index contributed by atoms with van der Waals surface area (Å²) in [5, 5.41) is 0. The van der Waals surface area contributed by atoms with Crippen molar-refractivity contribution in [3.63, 3.8) is 0 Å². The van der Waals surface area contributed by atoms with Crippen LogP contribution >= 0.6 is 0 Å². The van der Waals surface area contributed by atoms with Gasteiger partial charge in [0.2, 0.25) is 0 Å². The first-order chi connectivity index (χ1) is 17.3. The molecule has 6 nitrogen and oxygen atoms in total. The lowest BCUT2D eigenvalue weighted by atomic mass is 9.98. The number of carbonyl (C=O) groups excluding carboxylic acids is 1. The molecule has 208 valence electrons. The third kappa shape index (κ3) is 13.2. The maximum atomic E-state index is 11.7. The summed E-state index contributed by atoms with van der Waals surface area (Å²) in [6.07, 6.45) is 11.3. The predicted octanol–water partition coefficient (Wildman–Crippen LogP) is 6.87. The second kappa shape index (κ2) is 15.9. The smallest absolute Gasteiger partial charge is 0.330 e. The molecule has 0 amide bonds. The number of hydrogen-bond donors (Lipinski definition) is 0. The molecule has 0 saturated carbocycles. The molecule has 0 N–H and O–H groups in total. The zero-order chi connectivity index (χ0) is 28.1. The van der Waals surface area contributed by atoms with Crippen molar-refractivity contribution in [2.24, 2.45) is 5.92 Å². The van der Waals surface area contributed by atoms with E-state index in [0.29, 0.717) is 12.5 Å². The number of benzene rings is 1. The molecule has 7 heteroatoms. The maximum absolute atomic E-state index is 11.7. The van der Waals surface area contributed by atoms with Crippen LogP contribution in [0.3, 0.4) is 0 Å². The van der Waals surface area contributed by atoms with Gasteiger partial charge in [0.05, 0.1) is 38.6 Å². The van der Waals surface area contributed by atoms with Gasteiger partial charge in [0.25, 0.3) is 0 Å². The number of hydrogen-bond acceptors (Lipinski definition) is 6. The van der Waals surface area contributed by atoms with Crippen LogP contribution in [0.1, 0.15) is 46.1 Å². The van der Waals surface area contributed by atoms with Crippen LogP contribution in [0.4, 0.5) is 0 Å². The van der Waals surface area contributed by atoms with Gasteiger partial charge in [-0.15, -0.1) is 0 Å². The number of rotatable bonds is 16. The third-order valence-corrected chi connectivity index (χ3v) is 7.20. The lowest BCUT2D eigenvalue weighted by Gasteiger charge is -2.31. The molecular weight excluding hydrogens is 484 g/mol. The van der Waals surface area contributed by atoms with Crippen LogP contribution in [0.15, 0.2) is 60.2 Å². The fraction of sp³-hybridized carbons (Fsp3) is 0.567. The van der Waals surface area contributed by atoms with Crippen molar-refractivity contribution in [2.75, 3.05) is 21.3 Å². The second-order valence-corrected chi connectivity index (χ2v) is 15.1. The predicted molar refractivity (Wildman–Crippen MR) is 153 cm³/mol. The van der Waals surface area contributed by atoms with Crippen LogP contribution in [-0.4, -0.2) is 53.4 Å². The Balaban J connectivity index is 2.72. The topological polar surface area (TPSA) is 63.2 Å². The molecule has 0 bridgehead atoms. The molecule has 0 aliphatic rings. The first kappa shape index (κ1) is 32.8. The van der Waals surface area contributed by atoms with Crippen LogP contribution in [0.25, 0.3) is 0 Å². The van der Waals surface area contributed by atoms with Gasteiger partial charge in [-0.3, -0.25) is 0 Å². The Kier molecular flexibility index (Phi) is 14.1. The summed E-state index contributed by atoms with van der Waals surface area (Å²) >= 11 is 0. The van der Waals surface area contributed by atoms with Crippen molar-refractivity contribution in [1.29, 1.82) is 0 Å². The molecule has 0 aromatic heterocycles. The van der Waals surface area contributed by atoms with E-state index >= 15 is 0 Å². The van der Waals surface area contributed by atoms with E-state index in [1.807, 2.05) is 43.3 Å². The first-order valence-electron chi connectivity index (χ1n) is 12.9. The minimum Gasteiger partial charge on any atom is -0.497 e. The normalized spacial score (nSPS) is 17.0. The van der Waals surface area contributed by atoms with Gasteiger partial charge in [-0.2, -0.15) is 0 Å². The Morgan fingerprint density at radius 2 is 1.70 bits per heavy atom. The van der Waals surface area contributed by atoms with Crippen molar-refractivity contribution in [2.45, 2.75) is 84.6 Å². The van der Waals surface area contributed by atoms with Crippen LogP contribution < -0.4 is 4.74 Å². The molecular formula is C30H48O6Si. The van der Waals surface area contributed by atoms with Gasteiger partial charge in [-0.1, -0.05) is 37.3 Å². The van der Waals surface area contributed by atoms with Gasteiger partial charge >= 0.3 is 5.97 Å². The molecule has 0 saturated heterocycles. The molecule has 0 spiro atoms. The number of carbonyl (C=O) groups is 1. The second-order valence-electron chi connectivity index (χ2n) is 10.6. The molecule has 0 radical (unpaired) electrons. The summed E-state index contributed by atoms with van der Waals surface area (Å²) in [4.78, 5) is 11.7. The van der Waals surface area contributed by atoms with E-state index in [9.17, 15) is 4.79 Å². The summed E-state index contributed by atoms with van der Waals surface area (Å²) in [6.45, 7) is 15.3. The van der Waals surface area contributed by atoms with Gasteiger partial charge in [0.1, 0.15) is 5.75 Å². The summed E-state index contributed by atoms with van der Waals surface area (Å²) < 4.78 is 28.2. The molecule has 4 atom stereocenters. The summed E-state index contributed by atoms with van der Waals surface area (Å²) in [5.41, 5.74) is 1.53. The Bertz CT molecular complexity index is 900. The van der Waals surface area contributed by atoms with Crippen LogP contribution in [0.5, 0.6) is 5.75 Å². The Hall–Kier alpha value is -2.19. The number of allylic oxidation sites excluding steroid dienone is 1. The van der Waals surface area contributed by atoms with Gasteiger partial charge in [0, 0.05) is 13.2 Å². The lowest BCUT2D eigenvalue weighted by molar-refractivity contribution is -0.134. The van der Waals surface area contributed by atoms with Gasteiger partial charge in [-0.05, 0) is 88.5 Å². The Morgan fingerprint density at radius 3 is 2.24 bits per heavy atom. The zero-order valence-electron chi connectivity index (χ0n) is 24.5. The number of methoxy groups -OCH3 is 3. The molecule has 1 aromatic rings. The zero-order valence-corrected chi connectivity index (χ0v) is 25.5. The highest BCUT2D eigenvalue weighted by atomic mass is 28.4. The van der Waals surface area contributed by atoms with E-state index in [2.05, 4.69) is 46.5 Å². The number of esters is 1. The monoisotopic (exact) mass is 532 g/mol. The van der Waals surface area contributed by atoms with E-state index in [4.69, 9.17) is 23.4 Å². The highest BCUT2D eigenvalue weighted by molar-refractivity contribution is 6.69. The molecule has 0 heterocycles. The van der Waals surface area contributed by atoms with Crippen LogP contribution in [-0.2, 0) is 30.0 Å². The van der Waals surface area contributed by atoms with Crippen molar-refractivity contribution in [3.05, 3.63) is 65.8 Å². The van der Waals surface area contributed by atoms with E-state index < -0.39 is 19.9 Å². The first-order valence-corrected chi connectivity index (χ1v) is 16.3. The van der Waals surface area contributed by atoms with E-state index in [-0.39, 0.29) is 12.2 Å². The standard InChI is InChI=1S/C30H48O6Si/c1-23(25(3)35-22-26-14-16-27(32-5)17-15-26)12-11-13-24(2)28(33-6)18-20-30(4,36-37(8,9)10)21-19-29(31)34-7/h13-21,23,25,28H,11-12,22H2,1-10H3/b20-18+,21-19+,24-13+/t23-,25+,28-,30+/m0/s1. The molecule has 0 aliphatic carbocycles. The highest BCUT2D eigenvalue weighted by Gasteiger charge is 2.28. The van der Waals surface area contributed by atoms with Gasteiger partial charge < -0.3 is 23.4 Å². The fourth-order valence-corrected chi connectivity index (χ4v) is 5.27. The molecule has 0 fully saturated rings. The van der Waals surface area contributed by atoms with E-state index in [1.165, 1.54) is 13.2 Å². The number of ether oxygens (including phenoxy) is 4. The average Bonchev–Trinajstić information content (AvgIpc) is 2.85. The largest absolute Gasteiger partial charge is 0.497 e. The maximum Gasteiger partial charge on any atom is 0.330 e. The van der Waals surface area contributed by atoms with Gasteiger partial charge in [0.15, 0.2) is 8.32 Å². The SMILES string of the molecule is COC(=O)/C=C/[C@@](C)(/C=C/[C@H](OC)/C(C)=C/CC[C@H](C)[C@@H](C)OCc1ccc(OC)cc1)O[Si](C)(C)C. The minimum absolute atomic E-state index is 0.148. The highest BCUT2D eigenvalue weighted by Crippen LogP contribution is 2.23. The Labute approximate surface area is 225 Å². The van der Waals surface area contributed by atoms with Crippen molar-refractivity contribution in [3.8, 4) is 5.75 Å². The summed E-state index contributed by atoms with van der Waals surface area (Å²) in [7, 11) is 2.84. The van der Waals surface area contributed by atoms with Gasteiger partial charge in [-0.25, -0.2) is 4.79 Å². The molecule has 1 rings (SSSR count). The van der Waals surface area contributed by atoms with E-state index in [0.717, 1.165) is 29.7 Å². The average molecular weight is 533 g/mol. The molecule has 37 heavy (non-hydrogen) atoms. The minimum atomic E-state index is -1.89. The summed E-state index contributed by atoms with van der Waals surface area (Å²) in [6, 6.07) is 7.98. The van der Waals surface area contributed by atoms with Crippen molar-refractivity contribution >= 4 is 14.3 Å². The molecule has 1 aromatic carbocycles. The van der Waals surface area contributed by atoms with Crippen molar-refractivity contribution < 1.29 is 28.2 Å². The van der Waals surface area contributed by atoms with Crippen molar-refractivity contribution in [1.82, 2.24) is 0 Å². The molecule has 0 aliphatic heterocycles. The quantitative estimate of drug-likeness (QED) is 0.100. The fourth-order valence-electron chi connectivity index (χ4n) is 3.82.